The Balaban J connectivity index is 0.00000196. The molecule has 0 aromatic heterocycles. The Hall–Kier alpha value is 0.170. The number of nitrogens with two attached hydrogens (primary N) is 1. The Morgan fingerprint density at radius 2 is 2.27 bits per heavy atom. The molecule has 1 aliphatic heterocycles. The molecule has 0 saturated carbocycles. The maximum absolute atomic E-state index is 5.58. The quantitative estimate of drug-likeness (QED) is 0.711. The molecule has 1 saturated heterocycles. The summed E-state index contributed by atoms with van der Waals surface area (Å²) in [6.07, 6.45) is 3.88. The lowest BCUT2D eigenvalue weighted by atomic mass is 9.95. The standard InChI is InChI=1S/C11H24N2O.ClH/c1-2-14-9-8-13-7-3-4-11(10-13)5-6-12;/h11H,2-10,12H2,1H3;1H. The molecule has 15 heavy (non-hydrogen) atoms. The van der Waals surface area contributed by atoms with Crippen molar-refractivity contribution in [3.63, 3.8) is 0 Å². The molecule has 0 aliphatic carbocycles. The Morgan fingerprint density at radius 1 is 1.47 bits per heavy atom. The molecule has 0 aromatic carbocycles. The van der Waals surface area contributed by atoms with E-state index in [-0.39, 0.29) is 12.4 Å². The summed E-state index contributed by atoms with van der Waals surface area (Å²) in [4.78, 5) is 2.51. The predicted octanol–water partition coefficient (Wildman–Crippen LogP) is 1.51. The minimum atomic E-state index is 0. The van der Waals surface area contributed by atoms with Gasteiger partial charge in [0.25, 0.3) is 0 Å². The highest BCUT2D eigenvalue weighted by Gasteiger charge is 2.18. The topological polar surface area (TPSA) is 38.5 Å². The number of halogens is 1. The van der Waals surface area contributed by atoms with E-state index < -0.39 is 0 Å². The summed E-state index contributed by atoms with van der Waals surface area (Å²) in [7, 11) is 0. The number of nitrogens with zero attached hydrogens (tertiary/aromatic N) is 1. The van der Waals surface area contributed by atoms with Crippen molar-refractivity contribution in [1.82, 2.24) is 4.90 Å². The van der Waals surface area contributed by atoms with Gasteiger partial charge >= 0.3 is 0 Å². The number of hydrogen-bond donors (Lipinski definition) is 1. The van der Waals surface area contributed by atoms with Crippen LogP contribution in [-0.4, -0.2) is 44.3 Å². The average Bonchev–Trinajstić information content (AvgIpc) is 2.19. The maximum Gasteiger partial charge on any atom is 0.0593 e. The van der Waals surface area contributed by atoms with Gasteiger partial charge in [0.05, 0.1) is 6.61 Å². The van der Waals surface area contributed by atoms with Crippen LogP contribution in [-0.2, 0) is 4.74 Å². The summed E-state index contributed by atoms with van der Waals surface area (Å²) in [5.41, 5.74) is 5.58. The average molecular weight is 237 g/mol. The molecular weight excluding hydrogens is 212 g/mol. The molecule has 1 rings (SSSR count). The van der Waals surface area contributed by atoms with Crippen LogP contribution in [0, 0.1) is 5.92 Å². The molecule has 1 unspecified atom stereocenters. The van der Waals surface area contributed by atoms with E-state index in [1.54, 1.807) is 0 Å². The molecule has 1 heterocycles. The van der Waals surface area contributed by atoms with Crippen molar-refractivity contribution >= 4 is 12.4 Å². The van der Waals surface area contributed by atoms with Gasteiger partial charge in [-0.05, 0) is 45.2 Å². The van der Waals surface area contributed by atoms with Crippen molar-refractivity contribution < 1.29 is 4.74 Å². The van der Waals surface area contributed by atoms with Crippen molar-refractivity contribution in [3.8, 4) is 0 Å². The van der Waals surface area contributed by atoms with Crippen LogP contribution in [0.1, 0.15) is 26.2 Å². The SMILES string of the molecule is CCOCCN1CCCC(CCN)C1.Cl. The molecule has 3 nitrogen and oxygen atoms in total. The number of likely N-dealkylation sites (tertiary alicyclic amines) is 1. The lowest BCUT2D eigenvalue weighted by Crippen LogP contribution is -2.38. The zero-order valence-electron chi connectivity index (χ0n) is 9.78. The normalized spacial score (nSPS) is 22.4. The fourth-order valence-electron chi connectivity index (χ4n) is 2.16. The van der Waals surface area contributed by atoms with Gasteiger partial charge in [-0.1, -0.05) is 0 Å². The van der Waals surface area contributed by atoms with Crippen molar-refractivity contribution in [2.75, 3.05) is 39.4 Å². The fourth-order valence-corrected chi connectivity index (χ4v) is 2.16. The minimum absolute atomic E-state index is 0. The Kier molecular flexibility index (Phi) is 9.51. The van der Waals surface area contributed by atoms with Crippen LogP contribution < -0.4 is 5.73 Å². The molecule has 92 valence electrons. The number of piperidine rings is 1. The summed E-state index contributed by atoms with van der Waals surface area (Å²) < 4.78 is 5.37. The Morgan fingerprint density at radius 3 is 2.93 bits per heavy atom. The zero-order valence-corrected chi connectivity index (χ0v) is 10.6. The summed E-state index contributed by atoms with van der Waals surface area (Å²) in [6.45, 7) is 8.16. The highest BCUT2D eigenvalue weighted by Crippen LogP contribution is 2.18. The molecule has 2 N–H and O–H groups in total. The number of rotatable bonds is 6. The van der Waals surface area contributed by atoms with E-state index >= 15 is 0 Å². The summed E-state index contributed by atoms with van der Waals surface area (Å²) in [6, 6.07) is 0. The third kappa shape index (κ3) is 6.36. The van der Waals surface area contributed by atoms with Gasteiger partial charge in [-0.2, -0.15) is 0 Å². The van der Waals surface area contributed by atoms with Gasteiger partial charge in [-0.25, -0.2) is 0 Å². The summed E-state index contributed by atoms with van der Waals surface area (Å²) in [5, 5.41) is 0. The van der Waals surface area contributed by atoms with E-state index in [0.29, 0.717) is 0 Å². The van der Waals surface area contributed by atoms with E-state index in [9.17, 15) is 0 Å². The molecule has 1 atom stereocenters. The molecule has 0 spiro atoms. The van der Waals surface area contributed by atoms with Crippen LogP contribution >= 0.6 is 12.4 Å². The smallest absolute Gasteiger partial charge is 0.0593 e. The van der Waals surface area contributed by atoms with Gasteiger partial charge in [-0.3, -0.25) is 0 Å². The van der Waals surface area contributed by atoms with E-state index in [1.807, 2.05) is 6.92 Å². The van der Waals surface area contributed by atoms with Crippen LogP contribution in [0.2, 0.25) is 0 Å². The van der Waals surface area contributed by atoms with Crippen LogP contribution in [0.5, 0.6) is 0 Å². The van der Waals surface area contributed by atoms with Crippen LogP contribution in [0.15, 0.2) is 0 Å². The van der Waals surface area contributed by atoms with E-state index in [1.165, 1.54) is 32.4 Å². The van der Waals surface area contributed by atoms with E-state index in [0.717, 1.165) is 32.2 Å². The third-order valence-corrected chi connectivity index (χ3v) is 2.93. The largest absolute Gasteiger partial charge is 0.380 e. The Labute approximate surface area is 99.7 Å². The van der Waals surface area contributed by atoms with Gasteiger partial charge in [0.1, 0.15) is 0 Å². The van der Waals surface area contributed by atoms with Gasteiger partial charge < -0.3 is 15.4 Å². The van der Waals surface area contributed by atoms with Crippen molar-refractivity contribution in [2.45, 2.75) is 26.2 Å². The van der Waals surface area contributed by atoms with Crippen LogP contribution in [0.25, 0.3) is 0 Å². The second-order valence-corrected chi connectivity index (χ2v) is 4.08. The molecule has 0 aromatic rings. The van der Waals surface area contributed by atoms with Gasteiger partial charge in [0, 0.05) is 19.7 Å². The first-order valence-corrected chi connectivity index (χ1v) is 5.87. The van der Waals surface area contributed by atoms with E-state index in [4.69, 9.17) is 10.5 Å². The lowest BCUT2D eigenvalue weighted by Gasteiger charge is -2.32. The number of ether oxygens (including phenoxy) is 1. The maximum atomic E-state index is 5.58. The van der Waals surface area contributed by atoms with Gasteiger partial charge in [0.15, 0.2) is 0 Å². The molecule has 0 amide bonds. The highest BCUT2D eigenvalue weighted by atomic mass is 35.5. The van der Waals surface area contributed by atoms with Crippen LogP contribution in [0.3, 0.4) is 0 Å². The molecule has 0 radical (unpaired) electrons. The highest BCUT2D eigenvalue weighted by molar-refractivity contribution is 5.85. The Bertz CT molecular complexity index is 145. The van der Waals surface area contributed by atoms with Gasteiger partial charge in [-0.15, -0.1) is 12.4 Å². The first kappa shape index (κ1) is 15.2. The molecule has 1 aliphatic rings. The minimum Gasteiger partial charge on any atom is -0.380 e. The van der Waals surface area contributed by atoms with Crippen molar-refractivity contribution in [3.05, 3.63) is 0 Å². The van der Waals surface area contributed by atoms with Crippen molar-refractivity contribution in [1.29, 1.82) is 0 Å². The molecular formula is C11H25ClN2O. The zero-order chi connectivity index (χ0) is 10.2. The summed E-state index contributed by atoms with van der Waals surface area (Å²) >= 11 is 0. The fraction of sp³-hybridized carbons (Fsp3) is 1.00. The predicted molar refractivity (Wildman–Crippen MR) is 66.6 cm³/mol. The van der Waals surface area contributed by atoms with Crippen molar-refractivity contribution in [2.24, 2.45) is 11.7 Å². The third-order valence-electron chi connectivity index (χ3n) is 2.93. The molecule has 1 fully saturated rings. The monoisotopic (exact) mass is 236 g/mol. The van der Waals surface area contributed by atoms with Gasteiger partial charge in [0.2, 0.25) is 0 Å². The first-order valence-electron chi connectivity index (χ1n) is 5.87. The molecule has 0 bridgehead atoms. The second-order valence-electron chi connectivity index (χ2n) is 4.08. The van der Waals surface area contributed by atoms with Crippen LogP contribution in [0.4, 0.5) is 0 Å². The molecule has 4 heteroatoms. The second kappa shape index (κ2) is 9.40. The lowest BCUT2D eigenvalue weighted by molar-refractivity contribution is 0.0907. The first-order chi connectivity index (χ1) is 6.86. The number of hydrogen-bond acceptors (Lipinski definition) is 3. The van der Waals surface area contributed by atoms with E-state index in [2.05, 4.69) is 4.90 Å². The summed E-state index contributed by atoms with van der Waals surface area (Å²) in [5.74, 6) is 0.829.